The Hall–Kier alpha value is -2.42. The number of aliphatic imine (C=N–C) groups is 1. The number of amides is 1. The van der Waals surface area contributed by atoms with Gasteiger partial charge in [-0.05, 0) is 68.5 Å². The lowest BCUT2D eigenvalue weighted by Crippen LogP contribution is -2.32. The molecule has 3 heteroatoms. The van der Waals surface area contributed by atoms with E-state index >= 15 is 0 Å². The van der Waals surface area contributed by atoms with E-state index in [1.165, 1.54) is 11.1 Å². The number of hydrogen-bond acceptors (Lipinski definition) is 2. The first-order valence-electron chi connectivity index (χ1n) is 8.91. The number of rotatable bonds is 6. The van der Waals surface area contributed by atoms with E-state index in [0.717, 1.165) is 35.3 Å². The normalized spacial score (nSPS) is 11.1. The highest BCUT2D eigenvalue weighted by molar-refractivity contribution is 5.96. The average Bonchev–Trinajstić information content (AvgIpc) is 2.59. The molecule has 0 bridgehead atoms. The van der Waals surface area contributed by atoms with E-state index in [2.05, 4.69) is 31.0 Å². The van der Waals surface area contributed by atoms with E-state index in [1.807, 2.05) is 49.9 Å². The molecule has 0 aliphatic heterocycles. The molecule has 0 saturated heterocycles. The van der Waals surface area contributed by atoms with Gasteiger partial charge in [-0.25, -0.2) is 0 Å². The summed E-state index contributed by atoms with van der Waals surface area (Å²) in [4.78, 5) is 19.5. The fourth-order valence-electron chi connectivity index (χ4n) is 3.00. The van der Waals surface area contributed by atoms with Crippen LogP contribution in [0, 0.1) is 20.8 Å². The second kappa shape index (κ2) is 8.61. The number of carbonyl (C=O) groups excluding carboxylic acids is 1. The lowest BCUT2D eigenvalue weighted by molar-refractivity contribution is 0.0742. The molecule has 0 aliphatic carbocycles. The summed E-state index contributed by atoms with van der Waals surface area (Å²) < 4.78 is 0. The second-order valence-corrected chi connectivity index (χ2v) is 6.49. The molecule has 132 valence electrons. The predicted molar refractivity (Wildman–Crippen MR) is 106 cm³/mol. The van der Waals surface area contributed by atoms with E-state index in [9.17, 15) is 4.79 Å². The topological polar surface area (TPSA) is 32.7 Å². The standard InChI is InChI=1S/C22H28N2O/c1-6-12-24(15-19-11-9-8-10-16(19)3)22(25)20-13-18(5)21(23-7-2)14-17(20)4/h7-11,13-14H,6,12,15H2,1-5H3. The Kier molecular flexibility index (Phi) is 6.51. The van der Waals surface area contributed by atoms with Crippen LogP contribution in [0.1, 0.15) is 52.9 Å². The zero-order valence-corrected chi connectivity index (χ0v) is 16.0. The molecule has 0 fully saturated rings. The SMILES string of the molecule is CC=Nc1cc(C)c(C(=O)N(CCC)Cc2ccccc2C)cc1C. The Morgan fingerprint density at radius 2 is 1.80 bits per heavy atom. The summed E-state index contributed by atoms with van der Waals surface area (Å²) in [6.07, 6.45) is 2.72. The highest BCUT2D eigenvalue weighted by Gasteiger charge is 2.19. The molecular formula is C22H28N2O. The van der Waals surface area contributed by atoms with Crippen molar-refractivity contribution in [3.8, 4) is 0 Å². The summed E-state index contributed by atoms with van der Waals surface area (Å²) in [5.41, 5.74) is 6.12. The van der Waals surface area contributed by atoms with Crippen LogP contribution in [-0.2, 0) is 6.54 Å². The first kappa shape index (κ1) is 18.9. The summed E-state index contributed by atoms with van der Waals surface area (Å²) >= 11 is 0. The molecule has 0 radical (unpaired) electrons. The Labute approximate surface area is 151 Å². The zero-order chi connectivity index (χ0) is 18.4. The predicted octanol–water partition coefficient (Wildman–Crippen LogP) is 5.39. The Balaban J connectivity index is 2.34. The molecule has 0 N–H and O–H groups in total. The molecule has 2 aromatic rings. The highest BCUT2D eigenvalue weighted by atomic mass is 16.2. The van der Waals surface area contributed by atoms with E-state index in [0.29, 0.717) is 6.54 Å². The maximum Gasteiger partial charge on any atom is 0.254 e. The van der Waals surface area contributed by atoms with Gasteiger partial charge in [0.1, 0.15) is 0 Å². The van der Waals surface area contributed by atoms with Crippen LogP contribution >= 0.6 is 0 Å². The van der Waals surface area contributed by atoms with Gasteiger partial charge in [0.05, 0.1) is 5.69 Å². The number of aryl methyl sites for hydroxylation is 3. The van der Waals surface area contributed by atoms with Crippen LogP contribution in [0.2, 0.25) is 0 Å². The van der Waals surface area contributed by atoms with Gasteiger partial charge in [0.25, 0.3) is 5.91 Å². The molecule has 2 rings (SSSR count). The molecular weight excluding hydrogens is 308 g/mol. The van der Waals surface area contributed by atoms with Gasteiger partial charge in [-0.3, -0.25) is 9.79 Å². The van der Waals surface area contributed by atoms with Crippen LogP contribution in [0.15, 0.2) is 41.4 Å². The first-order valence-corrected chi connectivity index (χ1v) is 8.91. The molecule has 0 aromatic heterocycles. The molecule has 0 aliphatic rings. The molecule has 0 saturated carbocycles. The van der Waals surface area contributed by atoms with E-state index < -0.39 is 0 Å². The smallest absolute Gasteiger partial charge is 0.254 e. The van der Waals surface area contributed by atoms with Crippen LogP contribution in [0.3, 0.4) is 0 Å². The Bertz CT molecular complexity index is 778. The van der Waals surface area contributed by atoms with Gasteiger partial charge in [-0.15, -0.1) is 0 Å². The first-order chi connectivity index (χ1) is 12.0. The monoisotopic (exact) mass is 336 g/mol. The minimum absolute atomic E-state index is 0.0951. The van der Waals surface area contributed by atoms with E-state index in [4.69, 9.17) is 0 Å². The third kappa shape index (κ3) is 4.56. The summed E-state index contributed by atoms with van der Waals surface area (Å²) in [6, 6.07) is 12.2. The third-order valence-electron chi connectivity index (χ3n) is 4.44. The van der Waals surface area contributed by atoms with Crippen molar-refractivity contribution in [2.75, 3.05) is 6.54 Å². The van der Waals surface area contributed by atoms with Crippen molar-refractivity contribution in [1.82, 2.24) is 4.90 Å². The fourth-order valence-corrected chi connectivity index (χ4v) is 3.00. The fraction of sp³-hybridized carbons (Fsp3) is 0.364. The van der Waals surface area contributed by atoms with Gasteiger partial charge in [-0.2, -0.15) is 0 Å². The van der Waals surface area contributed by atoms with Gasteiger partial charge in [0.15, 0.2) is 0 Å². The number of carbonyl (C=O) groups is 1. The molecule has 0 unspecified atom stereocenters. The van der Waals surface area contributed by atoms with Crippen LogP contribution < -0.4 is 0 Å². The summed E-state index contributed by atoms with van der Waals surface area (Å²) in [5.74, 6) is 0.0951. The molecule has 0 atom stereocenters. The molecule has 0 spiro atoms. The average molecular weight is 336 g/mol. The Morgan fingerprint density at radius 1 is 1.08 bits per heavy atom. The quantitative estimate of drug-likeness (QED) is 0.651. The van der Waals surface area contributed by atoms with Crippen LogP contribution in [-0.4, -0.2) is 23.6 Å². The number of nitrogens with zero attached hydrogens (tertiary/aromatic N) is 2. The van der Waals surface area contributed by atoms with Crippen molar-refractivity contribution in [3.63, 3.8) is 0 Å². The summed E-state index contributed by atoms with van der Waals surface area (Å²) in [6.45, 7) is 11.5. The lowest BCUT2D eigenvalue weighted by Gasteiger charge is -2.24. The second-order valence-electron chi connectivity index (χ2n) is 6.49. The van der Waals surface area contributed by atoms with E-state index in [1.54, 1.807) is 6.21 Å². The van der Waals surface area contributed by atoms with Crippen molar-refractivity contribution in [2.24, 2.45) is 4.99 Å². The molecule has 3 nitrogen and oxygen atoms in total. The van der Waals surface area contributed by atoms with Crippen LogP contribution in [0.4, 0.5) is 5.69 Å². The lowest BCUT2D eigenvalue weighted by atomic mass is 10.0. The van der Waals surface area contributed by atoms with Crippen molar-refractivity contribution >= 4 is 17.8 Å². The zero-order valence-electron chi connectivity index (χ0n) is 16.0. The molecule has 0 heterocycles. The minimum atomic E-state index is 0.0951. The Morgan fingerprint density at radius 3 is 2.44 bits per heavy atom. The van der Waals surface area contributed by atoms with Gasteiger partial charge in [-0.1, -0.05) is 31.2 Å². The van der Waals surface area contributed by atoms with Gasteiger partial charge in [0, 0.05) is 24.9 Å². The molecule has 2 aromatic carbocycles. The number of hydrogen-bond donors (Lipinski definition) is 0. The van der Waals surface area contributed by atoms with Crippen molar-refractivity contribution in [1.29, 1.82) is 0 Å². The van der Waals surface area contributed by atoms with Gasteiger partial charge < -0.3 is 4.90 Å². The minimum Gasteiger partial charge on any atom is -0.334 e. The van der Waals surface area contributed by atoms with Crippen LogP contribution in [0.25, 0.3) is 0 Å². The van der Waals surface area contributed by atoms with Crippen molar-refractivity contribution in [3.05, 3.63) is 64.2 Å². The third-order valence-corrected chi connectivity index (χ3v) is 4.44. The number of benzene rings is 2. The summed E-state index contributed by atoms with van der Waals surface area (Å²) in [7, 11) is 0. The molecule has 25 heavy (non-hydrogen) atoms. The van der Waals surface area contributed by atoms with E-state index in [-0.39, 0.29) is 5.91 Å². The summed E-state index contributed by atoms with van der Waals surface area (Å²) in [5, 5.41) is 0. The molecule has 1 amide bonds. The van der Waals surface area contributed by atoms with Gasteiger partial charge in [0.2, 0.25) is 0 Å². The van der Waals surface area contributed by atoms with Gasteiger partial charge >= 0.3 is 0 Å². The highest BCUT2D eigenvalue weighted by Crippen LogP contribution is 2.25. The largest absolute Gasteiger partial charge is 0.334 e. The van der Waals surface area contributed by atoms with Crippen LogP contribution in [0.5, 0.6) is 0 Å². The maximum absolute atomic E-state index is 13.2. The van der Waals surface area contributed by atoms with Crippen molar-refractivity contribution in [2.45, 2.75) is 47.6 Å². The maximum atomic E-state index is 13.2. The van der Waals surface area contributed by atoms with Crippen molar-refractivity contribution < 1.29 is 4.79 Å².